The SMILES string of the molecule is COC(=O)C(C)CN(CCc1ccc(OC)cc1)C(=O)C1CCCCC1. The lowest BCUT2D eigenvalue weighted by atomic mass is 9.88. The Bertz CT molecular complexity index is 578. The molecule has 1 aromatic rings. The molecule has 5 heteroatoms. The minimum absolute atomic E-state index is 0.101. The van der Waals surface area contributed by atoms with Gasteiger partial charge in [0.1, 0.15) is 5.75 Å². The molecular weight excluding hydrogens is 330 g/mol. The zero-order valence-corrected chi connectivity index (χ0v) is 16.2. The van der Waals surface area contributed by atoms with Crippen LogP contribution in [0.4, 0.5) is 0 Å². The molecule has 0 aromatic heterocycles. The zero-order chi connectivity index (χ0) is 18.9. The smallest absolute Gasteiger partial charge is 0.310 e. The van der Waals surface area contributed by atoms with E-state index in [0.717, 1.165) is 43.4 Å². The summed E-state index contributed by atoms with van der Waals surface area (Å²) in [4.78, 5) is 26.7. The summed E-state index contributed by atoms with van der Waals surface area (Å²) >= 11 is 0. The Morgan fingerprint density at radius 3 is 2.35 bits per heavy atom. The first-order valence-corrected chi connectivity index (χ1v) is 9.54. The fourth-order valence-electron chi connectivity index (χ4n) is 3.56. The molecule has 144 valence electrons. The number of carbonyl (C=O) groups excluding carboxylic acids is 2. The molecule has 0 spiro atoms. The van der Waals surface area contributed by atoms with Gasteiger partial charge in [0, 0.05) is 19.0 Å². The molecule has 1 aliphatic carbocycles. The number of carbonyl (C=O) groups is 2. The van der Waals surface area contributed by atoms with Crippen molar-refractivity contribution in [3.8, 4) is 5.75 Å². The normalized spacial score (nSPS) is 16.0. The van der Waals surface area contributed by atoms with Crippen LogP contribution in [0.15, 0.2) is 24.3 Å². The lowest BCUT2D eigenvalue weighted by Gasteiger charge is -2.31. The Balaban J connectivity index is 2.02. The maximum Gasteiger partial charge on any atom is 0.310 e. The second-order valence-corrected chi connectivity index (χ2v) is 7.14. The van der Waals surface area contributed by atoms with E-state index < -0.39 is 0 Å². The van der Waals surface area contributed by atoms with Crippen LogP contribution in [0, 0.1) is 11.8 Å². The molecule has 1 atom stereocenters. The Morgan fingerprint density at radius 1 is 1.12 bits per heavy atom. The van der Waals surface area contributed by atoms with Crippen LogP contribution < -0.4 is 4.74 Å². The summed E-state index contributed by atoms with van der Waals surface area (Å²) in [6, 6.07) is 7.90. The molecule has 0 N–H and O–H groups in total. The molecule has 1 aromatic carbocycles. The molecule has 0 heterocycles. The van der Waals surface area contributed by atoms with E-state index in [1.54, 1.807) is 7.11 Å². The number of amides is 1. The fraction of sp³-hybridized carbons (Fsp3) is 0.619. The lowest BCUT2D eigenvalue weighted by Crippen LogP contribution is -2.42. The highest BCUT2D eigenvalue weighted by molar-refractivity contribution is 5.80. The van der Waals surface area contributed by atoms with Gasteiger partial charge in [-0.25, -0.2) is 0 Å². The van der Waals surface area contributed by atoms with E-state index in [1.807, 2.05) is 36.1 Å². The maximum atomic E-state index is 13.0. The lowest BCUT2D eigenvalue weighted by molar-refractivity contribution is -0.147. The molecule has 0 saturated heterocycles. The van der Waals surface area contributed by atoms with Gasteiger partial charge < -0.3 is 14.4 Å². The highest BCUT2D eigenvalue weighted by Crippen LogP contribution is 2.26. The van der Waals surface area contributed by atoms with Crippen LogP contribution >= 0.6 is 0 Å². The van der Waals surface area contributed by atoms with Crippen LogP contribution in [0.25, 0.3) is 0 Å². The second-order valence-electron chi connectivity index (χ2n) is 7.14. The van der Waals surface area contributed by atoms with E-state index in [-0.39, 0.29) is 23.7 Å². The van der Waals surface area contributed by atoms with Crippen LogP contribution in [0.2, 0.25) is 0 Å². The highest BCUT2D eigenvalue weighted by Gasteiger charge is 2.28. The zero-order valence-electron chi connectivity index (χ0n) is 16.2. The molecule has 26 heavy (non-hydrogen) atoms. The molecule has 1 aliphatic rings. The van der Waals surface area contributed by atoms with E-state index in [1.165, 1.54) is 13.5 Å². The van der Waals surface area contributed by atoms with Crippen LogP contribution in [-0.2, 0) is 20.7 Å². The van der Waals surface area contributed by atoms with Gasteiger partial charge in [0.2, 0.25) is 5.91 Å². The number of esters is 1. The predicted octanol–water partition coefficient (Wildman–Crippen LogP) is 3.46. The maximum absolute atomic E-state index is 13.0. The van der Waals surface area contributed by atoms with Crippen LogP contribution in [0.5, 0.6) is 5.75 Å². The Labute approximate surface area is 156 Å². The summed E-state index contributed by atoms with van der Waals surface area (Å²) in [5.74, 6) is 0.529. The largest absolute Gasteiger partial charge is 0.497 e. The van der Waals surface area contributed by atoms with E-state index in [0.29, 0.717) is 13.1 Å². The third kappa shape index (κ3) is 5.75. The standard InChI is InChI=1S/C21H31NO4/c1-16(21(24)26-3)15-22(20(23)18-7-5-4-6-8-18)14-13-17-9-11-19(25-2)12-10-17/h9-12,16,18H,4-8,13-15H2,1-3H3. The second kappa shape index (κ2) is 10.2. The van der Waals surface area contributed by atoms with Crippen molar-refractivity contribution in [2.24, 2.45) is 11.8 Å². The van der Waals surface area contributed by atoms with Gasteiger partial charge in [0.05, 0.1) is 20.1 Å². The topological polar surface area (TPSA) is 55.8 Å². The average Bonchev–Trinajstić information content (AvgIpc) is 2.70. The number of hydrogen-bond acceptors (Lipinski definition) is 4. The summed E-state index contributed by atoms with van der Waals surface area (Å²) in [7, 11) is 3.04. The van der Waals surface area contributed by atoms with Gasteiger partial charge in [-0.2, -0.15) is 0 Å². The van der Waals surface area contributed by atoms with E-state index >= 15 is 0 Å². The fourth-order valence-corrected chi connectivity index (χ4v) is 3.56. The number of hydrogen-bond donors (Lipinski definition) is 0. The highest BCUT2D eigenvalue weighted by atomic mass is 16.5. The summed E-state index contributed by atoms with van der Waals surface area (Å²) in [6.07, 6.45) is 6.14. The van der Waals surface area contributed by atoms with Gasteiger partial charge in [-0.15, -0.1) is 0 Å². The van der Waals surface area contributed by atoms with Crippen molar-refractivity contribution in [2.75, 3.05) is 27.3 Å². The summed E-state index contributed by atoms with van der Waals surface area (Å²) < 4.78 is 10.0. The number of nitrogens with zero attached hydrogens (tertiary/aromatic N) is 1. The summed E-state index contributed by atoms with van der Waals surface area (Å²) in [5.41, 5.74) is 1.15. The third-order valence-electron chi connectivity index (χ3n) is 5.19. The summed E-state index contributed by atoms with van der Waals surface area (Å²) in [6.45, 7) is 2.85. The molecule has 2 rings (SSSR count). The minimum Gasteiger partial charge on any atom is -0.497 e. The number of methoxy groups -OCH3 is 2. The Morgan fingerprint density at radius 2 is 1.77 bits per heavy atom. The quantitative estimate of drug-likeness (QED) is 0.666. The summed E-state index contributed by atoms with van der Waals surface area (Å²) in [5, 5.41) is 0. The third-order valence-corrected chi connectivity index (χ3v) is 5.19. The first-order chi connectivity index (χ1) is 12.5. The van der Waals surface area contributed by atoms with Crippen molar-refractivity contribution in [2.45, 2.75) is 45.4 Å². The van der Waals surface area contributed by atoms with Crippen LogP contribution in [0.1, 0.15) is 44.6 Å². The van der Waals surface area contributed by atoms with E-state index in [4.69, 9.17) is 9.47 Å². The first-order valence-electron chi connectivity index (χ1n) is 9.54. The van der Waals surface area contributed by atoms with Gasteiger partial charge in [0.15, 0.2) is 0 Å². The first kappa shape index (κ1) is 20.3. The monoisotopic (exact) mass is 361 g/mol. The van der Waals surface area contributed by atoms with E-state index in [2.05, 4.69) is 0 Å². The molecule has 0 aliphatic heterocycles. The molecule has 0 radical (unpaired) electrons. The molecule has 5 nitrogen and oxygen atoms in total. The molecule has 1 saturated carbocycles. The Kier molecular flexibility index (Phi) is 7.95. The molecule has 1 amide bonds. The average molecular weight is 361 g/mol. The molecule has 0 bridgehead atoms. The number of benzene rings is 1. The van der Waals surface area contributed by atoms with Crippen LogP contribution in [-0.4, -0.2) is 44.1 Å². The van der Waals surface area contributed by atoms with Crippen molar-refractivity contribution in [1.29, 1.82) is 0 Å². The molecule has 1 unspecified atom stereocenters. The van der Waals surface area contributed by atoms with Crippen molar-refractivity contribution in [3.63, 3.8) is 0 Å². The Hall–Kier alpha value is -2.04. The van der Waals surface area contributed by atoms with Crippen molar-refractivity contribution < 1.29 is 19.1 Å². The van der Waals surface area contributed by atoms with Gasteiger partial charge >= 0.3 is 5.97 Å². The minimum atomic E-state index is -0.316. The van der Waals surface area contributed by atoms with Gasteiger partial charge in [0.25, 0.3) is 0 Å². The number of ether oxygens (including phenoxy) is 2. The van der Waals surface area contributed by atoms with Gasteiger partial charge in [-0.05, 0) is 37.0 Å². The van der Waals surface area contributed by atoms with Gasteiger partial charge in [-0.1, -0.05) is 38.3 Å². The predicted molar refractivity (Wildman–Crippen MR) is 101 cm³/mol. The van der Waals surface area contributed by atoms with Gasteiger partial charge in [-0.3, -0.25) is 9.59 Å². The molecular formula is C21H31NO4. The van der Waals surface area contributed by atoms with E-state index in [9.17, 15) is 9.59 Å². The van der Waals surface area contributed by atoms with Crippen LogP contribution in [0.3, 0.4) is 0 Å². The van der Waals surface area contributed by atoms with Crippen molar-refractivity contribution in [1.82, 2.24) is 4.90 Å². The van der Waals surface area contributed by atoms with Crippen molar-refractivity contribution in [3.05, 3.63) is 29.8 Å². The molecule has 1 fully saturated rings. The number of rotatable bonds is 8. The van der Waals surface area contributed by atoms with Crippen molar-refractivity contribution >= 4 is 11.9 Å².